The minimum Gasteiger partial charge on any atom is -0.327 e. The molecule has 1 aliphatic rings. The Morgan fingerprint density at radius 3 is 2.31 bits per heavy atom. The largest absolute Gasteiger partial charge is 0.327 e. The minimum absolute atomic E-state index is 0.533. The number of hydrogen-bond acceptors (Lipinski definition) is 1. The Morgan fingerprint density at radius 1 is 1.08 bits per heavy atom. The van der Waals surface area contributed by atoms with Crippen molar-refractivity contribution in [3.8, 4) is 0 Å². The molecule has 1 aliphatic carbocycles. The van der Waals surface area contributed by atoms with Gasteiger partial charge in [0.1, 0.15) is 0 Å². The lowest BCUT2D eigenvalue weighted by Crippen LogP contribution is -2.21. The van der Waals surface area contributed by atoms with Crippen LogP contribution in [0.15, 0.2) is 0 Å². The highest BCUT2D eigenvalue weighted by atomic mass is 14.7. The lowest BCUT2D eigenvalue weighted by molar-refractivity contribution is 0.499. The van der Waals surface area contributed by atoms with Crippen LogP contribution in [0.3, 0.4) is 0 Å². The van der Waals surface area contributed by atoms with Gasteiger partial charge in [-0.1, -0.05) is 45.4 Å². The smallest absolute Gasteiger partial charge is 0.00671 e. The molecule has 0 aliphatic heterocycles. The quantitative estimate of drug-likeness (QED) is 0.573. The maximum Gasteiger partial charge on any atom is 0.00671 e. The van der Waals surface area contributed by atoms with Crippen LogP contribution >= 0.6 is 0 Å². The molecule has 0 saturated heterocycles. The van der Waals surface area contributed by atoms with Gasteiger partial charge in [0, 0.05) is 6.04 Å². The number of hydrogen-bond donors (Lipinski definition) is 1. The van der Waals surface area contributed by atoms with E-state index in [1.807, 2.05) is 0 Å². The van der Waals surface area contributed by atoms with Gasteiger partial charge in [0.2, 0.25) is 0 Å². The second kappa shape index (κ2) is 6.42. The topological polar surface area (TPSA) is 26.0 Å². The molecule has 0 bridgehead atoms. The van der Waals surface area contributed by atoms with Gasteiger partial charge < -0.3 is 5.73 Å². The summed E-state index contributed by atoms with van der Waals surface area (Å²) in [4.78, 5) is 0. The summed E-state index contributed by atoms with van der Waals surface area (Å²) in [5.74, 6) is 0.899. The summed E-state index contributed by atoms with van der Waals surface area (Å²) in [6.07, 6.45) is 12.4. The zero-order valence-electron chi connectivity index (χ0n) is 9.10. The van der Waals surface area contributed by atoms with E-state index in [1.54, 1.807) is 0 Å². The number of unbranched alkanes of at least 4 members (excludes halogenated alkanes) is 5. The van der Waals surface area contributed by atoms with E-state index in [0.29, 0.717) is 6.04 Å². The van der Waals surface area contributed by atoms with E-state index in [2.05, 4.69) is 6.92 Å². The van der Waals surface area contributed by atoms with Crippen LogP contribution < -0.4 is 5.73 Å². The summed E-state index contributed by atoms with van der Waals surface area (Å²) in [5.41, 5.74) is 6.02. The van der Waals surface area contributed by atoms with Crippen LogP contribution in [0.2, 0.25) is 0 Å². The van der Waals surface area contributed by atoms with Crippen LogP contribution in [0.25, 0.3) is 0 Å². The first-order valence-electron chi connectivity index (χ1n) is 6.10. The lowest BCUT2D eigenvalue weighted by Gasteiger charge is -2.08. The Balaban J connectivity index is 1.77. The molecule has 1 heteroatoms. The number of rotatable bonds is 8. The molecular formula is C12H25N. The van der Waals surface area contributed by atoms with E-state index in [0.717, 1.165) is 5.92 Å². The van der Waals surface area contributed by atoms with Crippen molar-refractivity contribution in [2.45, 2.75) is 70.8 Å². The van der Waals surface area contributed by atoms with Crippen LogP contribution in [0, 0.1) is 5.92 Å². The molecule has 13 heavy (non-hydrogen) atoms. The Hall–Kier alpha value is -0.0400. The van der Waals surface area contributed by atoms with Crippen LogP contribution in [0.1, 0.15) is 64.7 Å². The Kier molecular flexibility index (Phi) is 5.45. The van der Waals surface area contributed by atoms with Crippen molar-refractivity contribution in [3.05, 3.63) is 0 Å². The van der Waals surface area contributed by atoms with Gasteiger partial charge in [-0.15, -0.1) is 0 Å². The first kappa shape index (κ1) is 11.0. The van der Waals surface area contributed by atoms with Gasteiger partial charge in [-0.2, -0.15) is 0 Å². The highest BCUT2D eigenvalue weighted by Crippen LogP contribution is 2.33. The Bertz CT molecular complexity index is 118. The molecule has 1 fully saturated rings. The monoisotopic (exact) mass is 183 g/mol. The molecule has 0 heterocycles. The molecule has 0 radical (unpaired) electrons. The molecule has 1 unspecified atom stereocenters. The maximum atomic E-state index is 6.02. The van der Waals surface area contributed by atoms with Crippen molar-refractivity contribution in [1.29, 1.82) is 0 Å². The van der Waals surface area contributed by atoms with Crippen molar-refractivity contribution < 1.29 is 0 Å². The molecule has 2 N–H and O–H groups in total. The van der Waals surface area contributed by atoms with Gasteiger partial charge in [0.25, 0.3) is 0 Å². The van der Waals surface area contributed by atoms with E-state index in [9.17, 15) is 0 Å². The summed E-state index contributed by atoms with van der Waals surface area (Å²) < 4.78 is 0. The van der Waals surface area contributed by atoms with E-state index in [4.69, 9.17) is 5.73 Å². The summed E-state index contributed by atoms with van der Waals surface area (Å²) in [7, 11) is 0. The predicted octanol–water partition coefficient (Wildman–Crippen LogP) is 3.47. The normalized spacial score (nSPS) is 18.9. The third kappa shape index (κ3) is 5.30. The molecule has 1 atom stereocenters. The fourth-order valence-corrected chi connectivity index (χ4v) is 1.92. The predicted molar refractivity (Wildman–Crippen MR) is 58.7 cm³/mol. The van der Waals surface area contributed by atoms with Crippen LogP contribution in [-0.2, 0) is 0 Å². The molecule has 78 valence electrons. The fourth-order valence-electron chi connectivity index (χ4n) is 1.92. The second-order valence-electron chi connectivity index (χ2n) is 4.56. The molecule has 0 aromatic rings. The van der Waals surface area contributed by atoms with Gasteiger partial charge in [0.05, 0.1) is 0 Å². The SMILES string of the molecule is CCCCCCCCC(N)C1CC1. The van der Waals surface area contributed by atoms with Gasteiger partial charge >= 0.3 is 0 Å². The van der Waals surface area contributed by atoms with Crippen LogP contribution in [0.5, 0.6) is 0 Å². The second-order valence-corrected chi connectivity index (χ2v) is 4.56. The van der Waals surface area contributed by atoms with Gasteiger partial charge in [-0.25, -0.2) is 0 Å². The molecule has 1 rings (SSSR count). The van der Waals surface area contributed by atoms with Crippen molar-refractivity contribution in [1.82, 2.24) is 0 Å². The van der Waals surface area contributed by atoms with Crippen LogP contribution in [-0.4, -0.2) is 6.04 Å². The molecule has 0 aromatic carbocycles. The summed E-state index contributed by atoms with van der Waals surface area (Å²) in [5, 5.41) is 0. The van der Waals surface area contributed by atoms with E-state index < -0.39 is 0 Å². The zero-order chi connectivity index (χ0) is 9.52. The highest BCUT2D eigenvalue weighted by Gasteiger charge is 2.27. The standard InChI is InChI=1S/C12H25N/c1-2-3-4-5-6-7-8-12(13)11-9-10-11/h11-12H,2-10,13H2,1H3. The maximum absolute atomic E-state index is 6.02. The van der Waals surface area contributed by atoms with Crippen molar-refractivity contribution in [3.63, 3.8) is 0 Å². The molecule has 0 aromatic heterocycles. The lowest BCUT2D eigenvalue weighted by atomic mass is 10.0. The third-order valence-electron chi connectivity index (χ3n) is 3.12. The molecular weight excluding hydrogens is 158 g/mol. The summed E-state index contributed by atoms with van der Waals surface area (Å²) in [6.45, 7) is 2.27. The molecule has 0 spiro atoms. The van der Waals surface area contributed by atoms with Gasteiger partial charge in [-0.05, 0) is 25.2 Å². The third-order valence-corrected chi connectivity index (χ3v) is 3.12. The van der Waals surface area contributed by atoms with E-state index in [1.165, 1.54) is 57.8 Å². The minimum atomic E-state index is 0.533. The average Bonchev–Trinajstić information content (AvgIpc) is 2.93. The molecule has 1 saturated carbocycles. The Morgan fingerprint density at radius 2 is 1.69 bits per heavy atom. The van der Waals surface area contributed by atoms with E-state index in [-0.39, 0.29) is 0 Å². The average molecular weight is 183 g/mol. The molecule has 0 amide bonds. The zero-order valence-corrected chi connectivity index (χ0v) is 9.10. The summed E-state index contributed by atoms with van der Waals surface area (Å²) in [6, 6.07) is 0.533. The Labute approximate surface area is 83.1 Å². The van der Waals surface area contributed by atoms with Crippen molar-refractivity contribution in [2.24, 2.45) is 11.7 Å². The first-order valence-corrected chi connectivity index (χ1v) is 6.10. The van der Waals surface area contributed by atoms with Crippen molar-refractivity contribution in [2.75, 3.05) is 0 Å². The van der Waals surface area contributed by atoms with Crippen molar-refractivity contribution >= 4 is 0 Å². The number of nitrogens with two attached hydrogens (primary N) is 1. The van der Waals surface area contributed by atoms with E-state index >= 15 is 0 Å². The van der Waals surface area contributed by atoms with Gasteiger partial charge in [-0.3, -0.25) is 0 Å². The fraction of sp³-hybridized carbons (Fsp3) is 1.00. The van der Waals surface area contributed by atoms with Gasteiger partial charge in [0.15, 0.2) is 0 Å². The first-order chi connectivity index (χ1) is 6.34. The highest BCUT2D eigenvalue weighted by molar-refractivity contribution is 4.83. The summed E-state index contributed by atoms with van der Waals surface area (Å²) >= 11 is 0. The van der Waals surface area contributed by atoms with Crippen LogP contribution in [0.4, 0.5) is 0 Å². The molecule has 1 nitrogen and oxygen atoms in total.